The van der Waals surface area contributed by atoms with Crippen molar-refractivity contribution >= 4 is 26.0 Å². The summed E-state index contributed by atoms with van der Waals surface area (Å²) in [5.74, 6) is -0.481. The van der Waals surface area contributed by atoms with E-state index in [0.29, 0.717) is 10.2 Å². The monoisotopic (exact) mass is 334 g/mol. The second-order valence-corrected chi connectivity index (χ2v) is 6.03. The fourth-order valence-corrected chi connectivity index (χ4v) is 2.65. The third-order valence-electron chi connectivity index (χ3n) is 2.11. The van der Waals surface area contributed by atoms with Crippen molar-refractivity contribution in [1.82, 2.24) is 9.88 Å². The van der Waals surface area contributed by atoms with E-state index in [4.69, 9.17) is 4.52 Å². The van der Waals surface area contributed by atoms with Gasteiger partial charge in [-0.15, -0.1) is 0 Å². The lowest BCUT2D eigenvalue weighted by Gasteiger charge is -2.06. The predicted molar refractivity (Wildman–Crippen MR) is 64.6 cm³/mol. The van der Waals surface area contributed by atoms with Crippen LogP contribution in [0.25, 0.3) is 0 Å². The summed E-state index contributed by atoms with van der Waals surface area (Å²) in [6.45, 7) is -0.0855. The summed E-state index contributed by atoms with van der Waals surface area (Å²) >= 11 is 3.06. The number of aromatic nitrogens is 1. The molecule has 1 aromatic heterocycles. The molecule has 1 N–H and O–H groups in total. The van der Waals surface area contributed by atoms with E-state index in [1.54, 1.807) is 0 Å². The van der Waals surface area contributed by atoms with Gasteiger partial charge in [0.15, 0.2) is 5.76 Å². The van der Waals surface area contributed by atoms with E-state index in [1.165, 1.54) is 24.4 Å². The largest absolute Gasteiger partial charge is 0.360 e. The van der Waals surface area contributed by atoms with Crippen molar-refractivity contribution in [3.05, 3.63) is 46.5 Å². The summed E-state index contributed by atoms with van der Waals surface area (Å²) in [5, 5.41) is 3.43. The molecule has 0 saturated carbocycles. The molecule has 0 spiro atoms. The van der Waals surface area contributed by atoms with Gasteiger partial charge in [0.1, 0.15) is 10.7 Å². The average Bonchev–Trinajstić information content (AvgIpc) is 2.78. The highest BCUT2D eigenvalue weighted by molar-refractivity contribution is 9.10. The van der Waals surface area contributed by atoms with Gasteiger partial charge in [-0.1, -0.05) is 21.1 Å². The van der Waals surface area contributed by atoms with Crippen LogP contribution in [-0.4, -0.2) is 13.6 Å². The highest BCUT2D eigenvalue weighted by atomic mass is 79.9. The fourth-order valence-electron chi connectivity index (χ4n) is 1.27. The number of nitrogens with one attached hydrogen (secondary N) is 1. The Morgan fingerprint density at radius 2 is 2.17 bits per heavy atom. The summed E-state index contributed by atoms with van der Waals surface area (Å²) < 4.78 is 44.6. The van der Waals surface area contributed by atoms with Crippen molar-refractivity contribution < 1.29 is 17.3 Å². The van der Waals surface area contributed by atoms with Crippen LogP contribution in [0.1, 0.15) is 5.76 Å². The van der Waals surface area contributed by atoms with Crippen molar-refractivity contribution in [2.45, 2.75) is 11.4 Å². The standard InChI is InChI=1S/C10H8BrFN2O3S/c11-7-1-2-10(9(12)5-7)18(15,16)14-6-8-3-4-13-17-8/h1-5,14H,6H2. The van der Waals surface area contributed by atoms with Crippen molar-refractivity contribution in [2.75, 3.05) is 0 Å². The second kappa shape index (κ2) is 5.17. The van der Waals surface area contributed by atoms with Gasteiger partial charge in [-0.2, -0.15) is 0 Å². The zero-order valence-electron chi connectivity index (χ0n) is 8.93. The van der Waals surface area contributed by atoms with Gasteiger partial charge in [0.05, 0.1) is 12.7 Å². The van der Waals surface area contributed by atoms with Crippen LogP contribution in [0.4, 0.5) is 4.39 Å². The highest BCUT2D eigenvalue weighted by Crippen LogP contribution is 2.19. The van der Waals surface area contributed by atoms with E-state index < -0.39 is 20.7 Å². The summed E-state index contributed by atoms with van der Waals surface area (Å²) in [6, 6.07) is 5.23. The molecule has 18 heavy (non-hydrogen) atoms. The maximum absolute atomic E-state index is 13.5. The van der Waals surface area contributed by atoms with Crippen molar-refractivity contribution in [1.29, 1.82) is 0 Å². The molecule has 2 aromatic rings. The van der Waals surface area contributed by atoms with Gasteiger partial charge in [0, 0.05) is 10.5 Å². The molecule has 0 aliphatic heterocycles. The van der Waals surface area contributed by atoms with Gasteiger partial charge < -0.3 is 4.52 Å². The van der Waals surface area contributed by atoms with E-state index in [0.717, 1.165) is 6.07 Å². The summed E-state index contributed by atoms with van der Waals surface area (Å²) in [7, 11) is -3.92. The lowest BCUT2D eigenvalue weighted by molar-refractivity contribution is 0.380. The van der Waals surface area contributed by atoms with Gasteiger partial charge in [0.2, 0.25) is 10.0 Å². The normalized spacial score (nSPS) is 11.7. The molecule has 0 amide bonds. The minimum Gasteiger partial charge on any atom is -0.360 e. The van der Waals surface area contributed by atoms with Crippen molar-refractivity contribution in [3.8, 4) is 0 Å². The zero-order chi connectivity index (χ0) is 13.2. The maximum atomic E-state index is 13.5. The third kappa shape index (κ3) is 2.95. The molecule has 1 aromatic carbocycles. The van der Waals surface area contributed by atoms with E-state index in [1.807, 2.05) is 0 Å². The van der Waals surface area contributed by atoms with Crippen LogP contribution in [0.5, 0.6) is 0 Å². The van der Waals surface area contributed by atoms with Crippen LogP contribution in [0.3, 0.4) is 0 Å². The molecule has 0 unspecified atom stereocenters. The van der Waals surface area contributed by atoms with Gasteiger partial charge in [-0.05, 0) is 18.2 Å². The summed E-state index contributed by atoms with van der Waals surface area (Å²) in [6.07, 6.45) is 1.39. The number of hydrogen-bond donors (Lipinski definition) is 1. The molecule has 0 atom stereocenters. The Labute approximate surface area is 111 Å². The van der Waals surface area contributed by atoms with Crippen LogP contribution in [0.2, 0.25) is 0 Å². The molecule has 0 fully saturated rings. The zero-order valence-corrected chi connectivity index (χ0v) is 11.3. The molecular formula is C10H8BrFN2O3S. The van der Waals surface area contributed by atoms with Crippen molar-refractivity contribution in [2.24, 2.45) is 0 Å². The van der Waals surface area contributed by atoms with Gasteiger partial charge in [0.25, 0.3) is 0 Å². The number of rotatable bonds is 4. The molecule has 8 heteroatoms. The first-order valence-corrected chi connectivity index (χ1v) is 7.11. The van der Waals surface area contributed by atoms with Crippen LogP contribution in [-0.2, 0) is 16.6 Å². The number of nitrogens with zero attached hydrogens (tertiary/aromatic N) is 1. The highest BCUT2D eigenvalue weighted by Gasteiger charge is 2.19. The Kier molecular flexibility index (Phi) is 3.79. The minimum atomic E-state index is -3.92. The molecule has 0 bridgehead atoms. The minimum absolute atomic E-state index is 0.0855. The van der Waals surface area contributed by atoms with Crippen LogP contribution >= 0.6 is 15.9 Å². The summed E-state index contributed by atoms with van der Waals surface area (Å²) in [4.78, 5) is -0.412. The van der Waals surface area contributed by atoms with Gasteiger partial charge in [-0.25, -0.2) is 17.5 Å². The smallest absolute Gasteiger partial charge is 0.243 e. The van der Waals surface area contributed by atoms with Gasteiger partial charge >= 0.3 is 0 Å². The Morgan fingerprint density at radius 3 is 2.78 bits per heavy atom. The van der Waals surface area contributed by atoms with E-state index in [9.17, 15) is 12.8 Å². The molecular weight excluding hydrogens is 327 g/mol. The topological polar surface area (TPSA) is 72.2 Å². The SMILES string of the molecule is O=S(=O)(NCc1ccno1)c1ccc(Br)cc1F. The van der Waals surface area contributed by atoms with Gasteiger partial charge in [-0.3, -0.25) is 0 Å². The Hall–Kier alpha value is -1.25. The van der Waals surface area contributed by atoms with E-state index >= 15 is 0 Å². The molecule has 0 radical (unpaired) electrons. The fraction of sp³-hybridized carbons (Fsp3) is 0.100. The first kappa shape index (κ1) is 13.2. The maximum Gasteiger partial charge on any atom is 0.243 e. The van der Waals surface area contributed by atoms with E-state index in [2.05, 4.69) is 25.8 Å². The molecule has 1 heterocycles. The lowest BCUT2D eigenvalue weighted by Crippen LogP contribution is -2.24. The van der Waals surface area contributed by atoms with Crippen LogP contribution < -0.4 is 4.72 Å². The Bertz CT molecular complexity index is 643. The van der Waals surface area contributed by atoms with Crippen LogP contribution in [0.15, 0.2) is 44.4 Å². The van der Waals surface area contributed by atoms with Crippen LogP contribution in [0, 0.1) is 5.82 Å². The summed E-state index contributed by atoms with van der Waals surface area (Å²) in [5.41, 5.74) is 0. The number of halogens is 2. The molecule has 96 valence electrons. The quantitative estimate of drug-likeness (QED) is 0.928. The predicted octanol–water partition coefficient (Wildman–Crippen LogP) is 2.05. The number of benzene rings is 1. The molecule has 0 aliphatic carbocycles. The van der Waals surface area contributed by atoms with E-state index in [-0.39, 0.29) is 6.54 Å². The number of sulfonamides is 1. The Balaban J connectivity index is 2.20. The third-order valence-corrected chi connectivity index (χ3v) is 4.04. The van der Waals surface area contributed by atoms with Crippen molar-refractivity contribution in [3.63, 3.8) is 0 Å². The molecule has 0 aliphatic rings. The lowest BCUT2D eigenvalue weighted by atomic mass is 10.3. The first-order valence-electron chi connectivity index (χ1n) is 4.83. The average molecular weight is 335 g/mol. The molecule has 5 nitrogen and oxygen atoms in total. The first-order chi connectivity index (χ1) is 8.49. The number of hydrogen-bond acceptors (Lipinski definition) is 4. The second-order valence-electron chi connectivity index (χ2n) is 3.38. The Morgan fingerprint density at radius 1 is 1.39 bits per heavy atom. The molecule has 2 rings (SSSR count). The molecule has 0 saturated heterocycles.